The van der Waals surface area contributed by atoms with Crippen LogP contribution in [0.25, 0.3) is 10.9 Å². The van der Waals surface area contributed by atoms with Crippen molar-refractivity contribution >= 4 is 28.5 Å². The van der Waals surface area contributed by atoms with Crippen LogP contribution < -0.4 is 15.0 Å². The van der Waals surface area contributed by atoms with E-state index in [1.165, 1.54) is 11.3 Å². The van der Waals surface area contributed by atoms with Crippen molar-refractivity contribution in [3.8, 4) is 5.75 Å². The first-order chi connectivity index (χ1) is 13.5. The van der Waals surface area contributed by atoms with Crippen molar-refractivity contribution in [3.05, 3.63) is 23.9 Å². The number of likely N-dealkylation sites (tertiary alicyclic amines) is 1. The molecule has 1 aromatic heterocycles. The monoisotopic (exact) mass is 388 g/mol. The van der Waals surface area contributed by atoms with Crippen LogP contribution in [0, 0.1) is 0 Å². The van der Waals surface area contributed by atoms with Gasteiger partial charge in [-0.15, -0.1) is 0 Å². The number of hydrogen-bond acceptors (Lipinski definition) is 4. The lowest BCUT2D eigenvalue weighted by atomic mass is 10.0. The van der Waals surface area contributed by atoms with E-state index >= 15 is 0 Å². The number of carbonyl (C=O) groups is 2. The lowest BCUT2D eigenvalue weighted by Crippen LogP contribution is -3.17. The minimum absolute atomic E-state index is 0.1000. The molecule has 7 heteroatoms. The number of nitrogens with one attached hydrogen (secondary N) is 3. The van der Waals surface area contributed by atoms with Gasteiger partial charge >= 0.3 is 5.97 Å². The molecule has 28 heavy (non-hydrogen) atoms. The van der Waals surface area contributed by atoms with Gasteiger partial charge in [0.05, 0.1) is 31.5 Å². The van der Waals surface area contributed by atoms with E-state index in [1.807, 2.05) is 25.1 Å². The minimum Gasteiger partial charge on any atom is -0.494 e. The normalized spacial score (nSPS) is 19.4. The Morgan fingerprint density at radius 1 is 1.25 bits per heavy atom. The average molecular weight is 388 g/mol. The fourth-order valence-electron chi connectivity index (χ4n) is 3.82. The van der Waals surface area contributed by atoms with Crippen LogP contribution >= 0.6 is 0 Å². The van der Waals surface area contributed by atoms with Crippen molar-refractivity contribution in [2.75, 3.05) is 31.6 Å². The zero-order valence-electron chi connectivity index (χ0n) is 16.9. The molecule has 3 N–H and O–H groups in total. The number of rotatable bonds is 7. The molecule has 1 saturated heterocycles. The number of aromatic nitrogens is 1. The summed E-state index contributed by atoms with van der Waals surface area (Å²) in [6.45, 7) is 8.05. The Hall–Kier alpha value is -2.54. The molecule has 152 valence electrons. The van der Waals surface area contributed by atoms with Crippen molar-refractivity contribution in [3.63, 3.8) is 0 Å². The maximum atomic E-state index is 12.8. The Morgan fingerprint density at radius 3 is 2.79 bits per heavy atom. The second-order valence-electron chi connectivity index (χ2n) is 7.27. The van der Waals surface area contributed by atoms with Crippen molar-refractivity contribution in [2.24, 2.45) is 0 Å². The molecule has 1 aromatic carbocycles. The zero-order valence-corrected chi connectivity index (χ0v) is 16.9. The molecule has 0 spiro atoms. The Kier molecular flexibility index (Phi) is 6.57. The molecule has 2 atom stereocenters. The fourth-order valence-corrected chi connectivity index (χ4v) is 3.82. The summed E-state index contributed by atoms with van der Waals surface area (Å²) in [6.07, 6.45) is 3.51. The van der Waals surface area contributed by atoms with Crippen LogP contribution in [0.4, 0.5) is 5.69 Å². The molecular weight excluding hydrogens is 358 g/mol. The number of quaternary nitrogens is 1. The van der Waals surface area contributed by atoms with Crippen LogP contribution in [-0.4, -0.2) is 49.2 Å². The van der Waals surface area contributed by atoms with E-state index in [-0.39, 0.29) is 18.2 Å². The number of fused-ring (bicyclic) bond motifs is 1. The van der Waals surface area contributed by atoms with Crippen LogP contribution in [0.2, 0.25) is 0 Å². The van der Waals surface area contributed by atoms with E-state index in [0.717, 1.165) is 30.3 Å². The summed E-state index contributed by atoms with van der Waals surface area (Å²) in [6, 6.07) is 5.99. The topological polar surface area (TPSA) is 84.9 Å². The summed E-state index contributed by atoms with van der Waals surface area (Å²) in [5, 5.41) is 3.70. The van der Waals surface area contributed by atoms with Gasteiger partial charge in [0, 0.05) is 10.9 Å². The lowest BCUT2D eigenvalue weighted by Gasteiger charge is -2.29. The quantitative estimate of drug-likeness (QED) is 0.635. The number of benzene rings is 1. The number of ether oxygens (including phenoxy) is 2. The van der Waals surface area contributed by atoms with Crippen molar-refractivity contribution in [2.45, 2.75) is 46.1 Å². The van der Waals surface area contributed by atoms with Crippen LogP contribution in [-0.2, 0) is 9.53 Å². The van der Waals surface area contributed by atoms with Gasteiger partial charge in [-0.2, -0.15) is 0 Å². The maximum Gasteiger partial charge on any atom is 0.356 e. The van der Waals surface area contributed by atoms with E-state index in [2.05, 4.69) is 17.2 Å². The number of amides is 1. The molecule has 1 amide bonds. The third-order valence-corrected chi connectivity index (χ3v) is 5.29. The first-order valence-corrected chi connectivity index (χ1v) is 10.1. The fraction of sp³-hybridized carbons (Fsp3) is 0.524. The summed E-state index contributed by atoms with van der Waals surface area (Å²) in [4.78, 5) is 29.6. The molecule has 7 nitrogen and oxygen atoms in total. The maximum absolute atomic E-state index is 12.8. The predicted octanol–water partition coefficient (Wildman–Crippen LogP) is 2.14. The number of hydrogen-bond donors (Lipinski definition) is 3. The van der Waals surface area contributed by atoms with Crippen LogP contribution in [0.1, 0.15) is 50.5 Å². The SMILES string of the molecule is CCOC(=O)c1[nH]c2ccc(OCC)cc2c1NC(=O)C[NH+]1CCCC[C@@H]1C. The van der Waals surface area contributed by atoms with Crippen LogP contribution in [0.3, 0.4) is 0 Å². The number of esters is 1. The number of anilines is 1. The molecule has 0 saturated carbocycles. The van der Waals surface area contributed by atoms with E-state index in [0.29, 0.717) is 30.6 Å². The molecule has 2 aromatic rings. The standard InChI is InChI=1S/C21H29N3O4/c1-4-27-15-9-10-17-16(12-15)19(20(22-17)21(26)28-5-2)23-18(25)13-24-11-7-6-8-14(24)3/h9-10,12,14,22H,4-8,11,13H2,1-3H3,(H,23,25)/p+1/t14-/m0/s1. The molecular formula is C21H30N3O4+. The Labute approximate surface area is 165 Å². The third kappa shape index (κ3) is 4.47. The Morgan fingerprint density at radius 2 is 2.07 bits per heavy atom. The highest BCUT2D eigenvalue weighted by Gasteiger charge is 2.26. The first-order valence-electron chi connectivity index (χ1n) is 10.1. The third-order valence-electron chi connectivity index (χ3n) is 5.29. The highest BCUT2D eigenvalue weighted by Crippen LogP contribution is 2.31. The van der Waals surface area contributed by atoms with Gasteiger partial charge in [-0.25, -0.2) is 4.79 Å². The number of aromatic amines is 1. The van der Waals surface area contributed by atoms with Gasteiger partial charge in [0.2, 0.25) is 0 Å². The highest BCUT2D eigenvalue weighted by molar-refractivity contribution is 6.11. The molecule has 1 aliphatic heterocycles. The second kappa shape index (κ2) is 9.10. The summed E-state index contributed by atoms with van der Waals surface area (Å²) in [5.41, 5.74) is 1.48. The van der Waals surface area contributed by atoms with Crippen molar-refractivity contribution in [1.29, 1.82) is 0 Å². The first kappa shape index (κ1) is 20.2. The van der Waals surface area contributed by atoms with Gasteiger partial charge in [0.25, 0.3) is 5.91 Å². The van der Waals surface area contributed by atoms with Crippen molar-refractivity contribution < 1.29 is 24.0 Å². The summed E-state index contributed by atoms with van der Waals surface area (Å²) in [7, 11) is 0. The number of carbonyl (C=O) groups excluding carboxylic acids is 2. The smallest absolute Gasteiger partial charge is 0.356 e. The average Bonchev–Trinajstić information content (AvgIpc) is 3.02. The number of H-pyrrole nitrogens is 1. The number of piperidine rings is 1. The van der Waals surface area contributed by atoms with Crippen LogP contribution in [0.5, 0.6) is 5.75 Å². The molecule has 0 bridgehead atoms. The van der Waals surface area contributed by atoms with E-state index < -0.39 is 5.97 Å². The molecule has 1 fully saturated rings. The van der Waals surface area contributed by atoms with Crippen LogP contribution in [0.15, 0.2) is 18.2 Å². The van der Waals surface area contributed by atoms with E-state index in [9.17, 15) is 9.59 Å². The van der Waals surface area contributed by atoms with Crippen molar-refractivity contribution in [1.82, 2.24) is 4.98 Å². The molecule has 3 rings (SSSR count). The van der Waals surface area contributed by atoms with E-state index in [4.69, 9.17) is 9.47 Å². The van der Waals surface area contributed by atoms with Gasteiger partial charge in [0.1, 0.15) is 11.4 Å². The Balaban J connectivity index is 1.89. The lowest BCUT2D eigenvalue weighted by molar-refractivity contribution is -0.920. The molecule has 1 aliphatic rings. The van der Waals surface area contributed by atoms with E-state index in [1.54, 1.807) is 6.92 Å². The Bertz CT molecular complexity index is 846. The molecule has 0 aliphatic carbocycles. The predicted molar refractivity (Wildman–Crippen MR) is 108 cm³/mol. The highest BCUT2D eigenvalue weighted by atomic mass is 16.5. The summed E-state index contributed by atoms with van der Waals surface area (Å²) >= 11 is 0. The summed E-state index contributed by atoms with van der Waals surface area (Å²) in [5.74, 6) is 0.109. The van der Waals surface area contributed by atoms with Gasteiger partial charge in [-0.1, -0.05) is 0 Å². The zero-order chi connectivity index (χ0) is 20.1. The largest absolute Gasteiger partial charge is 0.494 e. The second-order valence-corrected chi connectivity index (χ2v) is 7.27. The summed E-state index contributed by atoms with van der Waals surface area (Å²) < 4.78 is 10.7. The molecule has 1 unspecified atom stereocenters. The molecule has 2 heterocycles. The molecule has 0 radical (unpaired) electrons. The van der Waals surface area contributed by atoms with Gasteiger partial charge in [0.15, 0.2) is 6.54 Å². The van der Waals surface area contributed by atoms with Gasteiger partial charge in [-0.05, 0) is 58.2 Å². The minimum atomic E-state index is -0.481. The van der Waals surface area contributed by atoms with Gasteiger partial charge < -0.3 is 24.7 Å². The van der Waals surface area contributed by atoms with Gasteiger partial charge in [-0.3, -0.25) is 4.79 Å².